The van der Waals surface area contributed by atoms with Gasteiger partial charge in [0, 0.05) is 12.4 Å². The van der Waals surface area contributed by atoms with E-state index in [2.05, 4.69) is 15.0 Å². The first-order valence-corrected chi connectivity index (χ1v) is 8.91. The number of imide groups is 1. The molecular weight excluding hydrogens is 419 g/mol. The van der Waals surface area contributed by atoms with Crippen LogP contribution in [-0.2, 0) is 4.79 Å². The highest BCUT2D eigenvalue weighted by Gasteiger charge is 2.55. The number of carbonyl (C=O) groups is 3. The van der Waals surface area contributed by atoms with Crippen LogP contribution in [0.2, 0.25) is 0 Å². The van der Waals surface area contributed by atoms with Crippen molar-refractivity contribution in [3.63, 3.8) is 0 Å². The molecule has 2 heterocycles. The normalized spacial score (nSPS) is 16.9. The lowest BCUT2D eigenvalue weighted by atomic mass is 10.0. The summed E-state index contributed by atoms with van der Waals surface area (Å²) in [7, 11) is 0. The van der Waals surface area contributed by atoms with E-state index in [0.29, 0.717) is 5.56 Å². The molecule has 164 valence electrons. The number of amides is 5. The molecule has 2 aromatic rings. The number of urea groups is 2. The lowest BCUT2D eigenvalue weighted by molar-refractivity contribution is -0.274. The highest BCUT2D eigenvalue weighted by Crippen LogP contribution is 2.38. The highest BCUT2D eigenvalue weighted by atomic mass is 19.4. The molecule has 12 heteroatoms. The largest absolute Gasteiger partial charge is 0.573 e. The van der Waals surface area contributed by atoms with Crippen molar-refractivity contribution in [2.45, 2.75) is 31.9 Å². The number of nitrogens with zero attached hydrogens (tertiary/aromatic N) is 3. The first-order valence-electron chi connectivity index (χ1n) is 8.91. The predicted molar refractivity (Wildman–Crippen MR) is 102 cm³/mol. The van der Waals surface area contributed by atoms with Crippen LogP contribution in [-0.4, -0.2) is 39.8 Å². The van der Waals surface area contributed by atoms with Crippen molar-refractivity contribution in [1.29, 1.82) is 0 Å². The Kier molecular flexibility index (Phi) is 5.49. The van der Waals surface area contributed by atoms with Gasteiger partial charge in [0.15, 0.2) is 0 Å². The summed E-state index contributed by atoms with van der Waals surface area (Å²) in [4.78, 5) is 43.8. The topological polar surface area (TPSA) is 118 Å². The number of benzene rings is 1. The number of rotatable bonds is 5. The van der Waals surface area contributed by atoms with Crippen LogP contribution in [0, 0.1) is 0 Å². The van der Waals surface area contributed by atoms with E-state index in [0.717, 1.165) is 34.1 Å². The molecule has 0 aliphatic carbocycles. The van der Waals surface area contributed by atoms with Crippen LogP contribution in [0.3, 0.4) is 0 Å². The first-order chi connectivity index (χ1) is 14.4. The Morgan fingerprint density at radius 2 is 1.71 bits per heavy atom. The smallest absolute Gasteiger partial charge is 0.406 e. The molecule has 1 aromatic carbocycles. The van der Waals surface area contributed by atoms with Crippen molar-refractivity contribution < 1.29 is 32.3 Å². The molecule has 1 atom stereocenters. The Hall–Kier alpha value is -3.83. The Bertz CT molecular complexity index is 996. The third-order valence-corrected chi connectivity index (χ3v) is 4.61. The van der Waals surface area contributed by atoms with Crippen molar-refractivity contribution in [2.24, 2.45) is 5.73 Å². The monoisotopic (exact) mass is 437 g/mol. The molecular formula is C19H18F3N5O4. The van der Waals surface area contributed by atoms with Gasteiger partial charge in [-0.2, -0.15) is 0 Å². The minimum atomic E-state index is -4.88. The van der Waals surface area contributed by atoms with E-state index in [1.165, 1.54) is 26.2 Å². The van der Waals surface area contributed by atoms with Gasteiger partial charge in [0.1, 0.15) is 17.5 Å². The predicted octanol–water partition coefficient (Wildman–Crippen LogP) is 2.89. The molecule has 0 saturated carbocycles. The third kappa shape index (κ3) is 4.37. The average molecular weight is 437 g/mol. The minimum Gasteiger partial charge on any atom is -0.406 e. The van der Waals surface area contributed by atoms with E-state index in [4.69, 9.17) is 5.73 Å². The molecule has 9 nitrogen and oxygen atoms in total. The molecule has 31 heavy (non-hydrogen) atoms. The van der Waals surface area contributed by atoms with Crippen LogP contribution in [0.15, 0.2) is 48.8 Å². The Morgan fingerprint density at radius 1 is 1.13 bits per heavy atom. The molecule has 0 radical (unpaired) electrons. The van der Waals surface area contributed by atoms with Crippen LogP contribution in [0.25, 0.3) is 0 Å². The van der Waals surface area contributed by atoms with E-state index in [1.807, 2.05) is 0 Å². The zero-order chi connectivity index (χ0) is 23.0. The molecule has 5 amide bonds. The van der Waals surface area contributed by atoms with Crippen LogP contribution < -0.4 is 20.7 Å². The molecule has 0 bridgehead atoms. The number of hydrogen-bond donors (Lipinski definition) is 2. The van der Waals surface area contributed by atoms with Gasteiger partial charge in [-0.05, 0) is 55.8 Å². The summed E-state index contributed by atoms with van der Waals surface area (Å²) in [5.41, 5.74) is 4.33. The second-order valence-corrected chi connectivity index (χ2v) is 7.09. The quantitative estimate of drug-likeness (QED) is 0.698. The molecule has 1 aromatic heterocycles. The molecule has 0 spiro atoms. The fourth-order valence-electron chi connectivity index (χ4n) is 3.25. The fourth-order valence-corrected chi connectivity index (χ4v) is 3.25. The second-order valence-electron chi connectivity index (χ2n) is 7.09. The van der Waals surface area contributed by atoms with Gasteiger partial charge in [-0.3, -0.25) is 14.7 Å². The maximum absolute atomic E-state index is 13.3. The number of alkyl halides is 3. The van der Waals surface area contributed by atoms with Crippen molar-refractivity contribution in [3.8, 4) is 5.75 Å². The second kappa shape index (κ2) is 7.78. The minimum absolute atomic E-state index is 0.0349. The highest BCUT2D eigenvalue weighted by molar-refractivity contribution is 6.23. The lowest BCUT2D eigenvalue weighted by Gasteiger charge is -2.35. The fraction of sp³-hybridized carbons (Fsp3) is 0.263. The Morgan fingerprint density at radius 3 is 2.23 bits per heavy atom. The molecule has 1 aliphatic heterocycles. The van der Waals surface area contributed by atoms with Crippen molar-refractivity contribution in [3.05, 3.63) is 54.4 Å². The van der Waals surface area contributed by atoms with Crippen LogP contribution >= 0.6 is 0 Å². The van der Waals surface area contributed by atoms with Crippen molar-refractivity contribution >= 4 is 23.7 Å². The van der Waals surface area contributed by atoms with Crippen molar-refractivity contribution in [2.75, 3.05) is 4.90 Å². The third-order valence-electron chi connectivity index (χ3n) is 4.61. The van der Waals surface area contributed by atoms with Gasteiger partial charge in [-0.1, -0.05) is 0 Å². The van der Waals surface area contributed by atoms with Gasteiger partial charge < -0.3 is 15.8 Å². The van der Waals surface area contributed by atoms with Gasteiger partial charge >= 0.3 is 18.4 Å². The Labute approximate surface area is 174 Å². The number of pyridine rings is 1. The lowest BCUT2D eigenvalue weighted by Crippen LogP contribution is -2.52. The summed E-state index contributed by atoms with van der Waals surface area (Å²) >= 11 is 0. The summed E-state index contributed by atoms with van der Waals surface area (Å²) < 4.78 is 40.9. The molecule has 1 aliphatic rings. The SMILES string of the molecule is CC1(C)C(=O)N(c2ccc(OC(F)(F)F)cc2)C(=O)N1C(NC(N)=O)c1ccncc1. The maximum Gasteiger partial charge on any atom is 0.573 e. The zero-order valence-corrected chi connectivity index (χ0v) is 16.4. The summed E-state index contributed by atoms with van der Waals surface area (Å²) in [6.45, 7) is 2.95. The molecule has 3 N–H and O–H groups in total. The van der Waals surface area contributed by atoms with Gasteiger partial charge in [0.25, 0.3) is 5.91 Å². The maximum atomic E-state index is 13.3. The number of carbonyl (C=O) groups excluding carboxylic acids is 3. The molecule has 1 fully saturated rings. The number of nitrogens with one attached hydrogen (secondary N) is 1. The molecule has 1 unspecified atom stereocenters. The van der Waals surface area contributed by atoms with Gasteiger partial charge in [0.2, 0.25) is 0 Å². The van der Waals surface area contributed by atoms with E-state index < -0.39 is 41.8 Å². The van der Waals surface area contributed by atoms with E-state index in [9.17, 15) is 27.6 Å². The summed E-state index contributed by atoms with van der Waals surface area (Å²) in [5.74, 6) is -1.15. The van der Waals surface area contributed by atoms with E-state index >= 15 is 0 Å². The standard InChI is InChI=1S/C19H18F3N5O4/c1-18(2)15(28)26(12-3-5-13(6-4-12)31-19(20,21)22)17(30)27(18)14(25-16(23)29)11-7-9-24-10-8-11/h3-10,14H,1-2H3,(H3,23,25,29). The number of aromatic nitrogens is 1. The van der Waals surface area contributed by atoms with Gasteiger partial charge in [-0.25, -0.2) is 14.5 Å². The molecule has 3 rings (SSSR count). The number of ether oxygens (including phenoxy) is 1. The number of hydrogen-bond acceptors (Lipinski definition) is 5. The van der Waals surface area contributed by atoms with E-state index in [-0.39, 0.29) is 5.69 Å². The number of primary amides is 1. The Balaban J connectivity index is 1.98. The van der Waals surface area contributed by atoms with Crippen molar-refractivity contribution in [1.82, 2.24) is 15.2 Å². The van der Waals surface area contributed by atoms with Crippen LogP contribution in [0.5, 0.6) is 5.75 Å². The summed E-state index contributed by atoms with van der Waals surface area (Å²) in [5, 5.41) is 2.44. The van der Waals surface area contributed by atoms with Crippen LogP contribution in [0.1, 0.15) is 25.6 Å². The first kappa shape index (κ1) is 21.9. The van der Waals surface area contributed by atoms with E-state index in [1.54, 1.807) is 12.1 Å². The molecule has 1 saturated heterocycles. The van der Waals surface area contributed by atoms with Gasteiger partial charge in [-0.15, -0.1) is 13.2 Å². The van der Waals surface area contributed by atoms with Crippen LogP contribution in [0.4, 0.5) is 28.4 Å². The number of halogens is 3. The average Bonchev–Trinajstić information content (AvgIpc) is 2.85. The van der Waals surface area contributed by atoms with Gasteiger partial charge in [0.05, 0.1) is 5.69 Å². The number of anilines is 1. The zero-order valence-electron chi connectivity index (χ0n) is 16.4. The number of nitrogens with two attached hydrogens (primary N) is 1. The summed E-state index contributed by atoms with van der Waals surface area (Å²) in [6, 6.07) is 5.64. The summed E-state index contributed by atoms with van der Waals surface area (Å²) in [6.07, 6.45) is -3.09.